The van der Waals surface area contributed by atoms with Gasteiger partial charge in [0.15, 0.2) is 0 Å². The number of halogens is 2. The second kappa shape index (κ2) is 5.08. The molecule has 17 heavy (non-hydrogen) atoms. The zero-order valence-corrected chi connectivity index (χ0v) is 10.00. The fourth-order valence-electron chi connectivity index (χ4n) is 2.60. The summed E-state index contributed by atoms with van der Waals surface area (Å²) >= 11 is 0. The Morgan fingerprint density at radius 2 is 2.18 bits per heavy atom. The van der Waals surface area contributed by atoms with Crippen molar-refractivity contribution in [1.82, 2.24) is 10.3 Å². The van der Waals surface area contributed by atoms with Gasteiger partial charge in [-0.25, -0.2) is 8.78 Å². The number of rotatable bonds is 4. The lowest BCUT2D eigenvalue weighted by atomic mass is 9.92. The molecule has 0 aliphatic heterocycles. The summed E-state index contributed by atoms with van der Waals surface area (Å²) in [6.07, 6.45) is 4.94. The second-order valence-corrected chi connectivity index (χ2v) is 4.81. The van der Waals surface area contributed by atoms with Crippen LogP contribution >= 0.6 is 0 Å². The van der Waals surface area contributed by atoms with E-state index in [9.17, 15) is 8.78 Å². The molecule has 1 N–H and O–H groups in total. The molecule has 0 bridgehead atoms. The highest BCUT2D eigenvalue weighted by Crippen LogP contribution is 2.40. The van der Waals surface area contributed by atoms with Crippen molar-refractivity contribution in [1.29, 1.82) is 0 Å². The van der Waals surface area contributed by atoms with Crippen molar-refractivity contribution in [3.63, 3.8) is 0 Å². The summed E-state index contributed by atoms with van der Waals surface area (Å²) in [7, 11) is 1.85. The SMILES string of the molecule is CNC(Cc1ccncc1)C1CCC(F)(F)C1. The highest BCUT2D eigenvalue weighted by molar-refractivity contribution is 5.12. The second-order valence-electron chi connectivity index (χ2n) is 4.81. The molecule has 4 heteroatoms. The molecule has 0 amide bonds. The van der Waals surface area contributed by atoms with E-state index in [1.807, 2.05) is 19.2 Å². The first kappa shape index (κ1) is 12.4. The molecule has 1 aliphatic carbocycles. The molecule has 1 heterocycles. The summed E-state index contributed by atoms with van der Waals surface area (Å²) in [5.74, 6) is -2.39. The quantitative estimate of drug-likeness (QED) is 0.875. The number of nitrogens with zero attached hydrogens (tertiary/aromatic N) is 1. The van der Waals surface area contributed by atoms with Crippen LogP contribution in [0.1, 0.15) is 24.8 Å². The van der Waals surface area contributed by atoms with Gasteiger partial charge in [0.25, 0.3) is 0 Å². The molecule has 2 unspecified atom stereocenters. The van der Waals surface area contributed by atoms with E-state index in [2.05, 4.69) is 10.3 Å². The highest BCUT2D eigenvalue weighted by atomic mass is 19.3. The molecule has 1 aliphatic rings. The minimum Gasteiger partial charge on any atom is -0.316 e. The molecule has 0 aromatic carbocycles. The minimum absolute atomic E-state index is 0.0175. The summed E-state index contributed by atoms with van der Waals surface area (Å²) in [6.45, 7) is 0. The zero-order valence-electron chi connectivity index (χ0n) is 10.00. The Morgan fingerprint density at radius 3 is 2.71 bits per heavy atom. The van der Waals surface area contributed by atoms with Crippen LogP contribution in [0.15, 0.2) is 24.5 Å². The molecule has 2 atom stereocenters. The van der Waals surface area contributed by atoms with Gasteiger partial charge in [-0.15, -0.1) is 0 Å². The molecule has 1 aromatic rings. The van der Waals surface area contributed by atoms with Crippen molar-refractivity contribution in [2.24, 2.45) is 5.92 Å². The van der Waals surface area contributed by atoms with Crippen molar-refractivity contribution in [2.45, 2.75) is 37.6 Å². The largest absolute Gasteiger partial charge is 0.316 e. The van der Waals surface area contributed by atoms with E-state index in [0.29, 0.717) is 6.42 Å². The van der Waals surface area contributed by atoms with Crippen LogP contribution in [0.2, 0.25) is 0 Å². The Labute approximate surface area is 100 Å². The maximum Gasteiger partial charge on any atom is 0.248 e. The van der Waals surface area contributed by atoms with Gasteiger partial charge >= 0.3 is 0 Å². The fraction of sp³-hybridized carbons (Fsp3) is 0.615. The van der Waals surface area contributed by atoms with Crippen LogP contribution in [0.25, 0.3) is 0 Å². The normalized spacial score (nSPS) is 24.8. The first-order valence-electron chi connectivity index (χ1n) is 6.05. The fourth-order valence-corrected chi connectivity index (χ4v) is 2.60. The predicted octanol–water partition coefficient (Wildman–Crippen LogP) is 2.65. The molecule has 0 spiro atoms. The van der Waals surface area contributed by atoms with Gasteiger partial charge in [0.05, 0.1) is 0 Å². The van der Waals surface area contributed by atoms with E-state index >= 15 is 0 Å². The molecule has 0 radical (unpaired) electrons. The van der Waals surface area contributed by atoms with Crippen molar-refractivity contribution in [3.05, 3.63) is 30.1 Å². The Morgan fingerprint density at radius 1 is 1.47 bits per heavy atom. The van der Waals surface area contributed by atoms with Crippen LogP contribution in [-0.2, 0) is 6.42 Å². The number of aromatic nitrogens is 1. The Kier molecular flexibility index (Phi) is 3.72. The average Bonchev–Trinajstić information content (AvgIpc) is 2.68. The van der Waals surface area contributed by atoms with Crippen LogP contribution in [0, 0.1) is 5.92 Å². The Bertz CT molecular complexity index is 354. The van der Waals surface area contributed by atoms with E-state index in [0.717, 1.165) is 12.0 Å². The zero-order chi connectivity index (χ0) is 12.3. The number of likely N-dealkylation sites (N-methyl/N-ethyl adjacent to an activating group) is 1. The molecule has 1 fully saturated rings. The molecular weight excluding hydrogens is 222 g/mol. The van der Waals surface area contributed by atoms with Gasteiger partial charge in [-0.2, -0.15) is 0 Å². The number of nitrogens with one attached hydrogen (secondary N) is 1. The predicted molar refractivity (Wildman–Crippen MR) is 63.1 cm³/mol. The molecule has 2 nitrogen and oxygen atoms in total. The lowest BCUT2D eigenvalue weighted by Gasteiger charge is -2.23. The topological polar surface area (TPSA) is 24.9 Å². The van der Waals surface area contributed by atoms with Crippen molar-refractivity contribution >= 4 is 0 Å². The average molecular weight is 240 g/mol. The Hall–Kier alpha value is -1.03. The van der Waals surface area contributed by atoms with E-state index in [1.165, 1.54) is 0 Å². The first-order valence-corrected chi connectivity index (χ1v) is 6.05. The third kappa shape index (κ3) is 3.22. The summed E-state index contributed by atoms with van der Waals surface area (Å²) in [5.41, 5.74) is 1.15. The van der Waals surface area contributed by atoms with E-state index < -0.39 is 5.92 Å². The van der Waals surface area contributed by atoms with Crippen LogP contribution in [0.4, 0.5) is 8.78 Å². The smallest absolute Gasteiger partial charge is 0.248 e. The van der Waals surface area contributed by atoms with Gasteiger partial charge in [-0.1, -0.05) is 0 Å². The minimum atomic E-state index is -2.46. The summed E-state index contributed by atoms with van der Waals surface area (Å²) in [6, 6.07) is 4.01. The molecular formula is C13H18F2N2. The third-order valence-corrected chi connectivity index (χ3v) is 3.59. The van der Waals surface area contributed by atoms with Crippen molar-refractivity contribution < 1.29 is 8.78 Å². The van der Waals surface area contributed by atoms with Crippen LogP contribution in [0.3, 0.4) is 0 Å². The van der Waals surface area contributed by atoms with E-state index in [4.69, 9.17) is 0 Å². The molecule has 2 rings (SSSR count). The third-order valence-electron chi connectivity index (χ3n) is 3.59. The summed E-state index contributed by atoms with van der Waals surface area (Å²) in [4.78, 5) is 3.96. The number of hydrogen-bond donors (Lipinski definition) is 1. The molecule has 1 saturated carbocycles. The molecule has 1 aromatic heterocycles. The summed E-state index contributed by atoms with van der Waals surface area (Å²) < 4.78 is 26.4. The van der Waals surface area contributed by atoms with Crippen molar-refractivity contribution in [3.8, 4) is 0 Å². The number of pyridine rings is 1. The van der Waals surface area contributed by atoms with Gasteiger partial charge in [-0.05, 0) is 43.5 Å². The van der Waals surface area contributed by atoms with Crippen LogP contribution < -0.4 is 5.32 Å². The lowest BCUT2D eigenvalue weighted by molar-refractivity contribution is 0.00343. The monoisotopic (exact) mass is 240 g/mol. The maximum atomic E-state index is 13.2. The van der Waals surface area contributed by atoms with E-state index in [1.54, 1.807) is 12.4 Å². The number of hydrogen-bond acceptors (Lipinski definition) is 2. The van der Waals surface area contributed by atoms with Gasteiger partial charge in [0.2, 0.25) is 5.92 Å². The van der Waals surface area contributed by atoms with Gasteiger partial charge < -0.3 is 5.32 Å². The lowest BCUT2D eigenvalue weighted by Crippen LogP contribution is -2.35. The van der Waals surface area contributed by atoms with Crippen LogP contribution in [0.5, 0.6) is 0 Å². The maximum absolute atomic E-state index is 13.2. The summed E-state index contributed by atoms with van der Waals surface area (Å²) in [5, 5.41) is 3.18. The molecule has 0 saturated heterocycles. The standard InChI is InChI=1S/C13H18F2N2/c1-16-12(8-10-3-6-17-7-4-10)11-2-5-13(14,15)9-11/h3-4,6-7,11-12,16H,2,5,8-9H2,1H3. The van der Waals surface area contributed by atoms with E-state index in [-0.39, 0.29) is 24.8 Å². The van der Waals surface area contributed by atoms with Gasteiger partial charge in [0.1, 0.15) is 0 Å². The highest BCUT2D eigenvalue weighted by Gasteiger charge is 2.41. The first-order chi connectivity index (χ1) is 8.11. The Balaban J connectivity index is 1.98. The number of alkyl halides is 2. The van der Waals surface area contributed by atoms with Gasteiger partial charge in [-0.3, -0.25) is 4.98 Å². The molecule has 94 valence electrons. The van der Waals surface area contributed by atoms with Crippen molar-refractivity contribution in [2.75, 3.05) is 7.05 Å². The van der Waals surface area contributed by atoms with Crippen LogP contribution in [-0.4, -0.2) is 24.0 Å². The van der Waals surface area contributed by atoms with Gasteiger partial charge in [0, 0.05) is 31.3 Å².